The van der Waals surface area contributed by atoms with Crippen molar-refractivity contribution in [1.29, 1.82) is 0 Å². The zero-order valence-corrected chi connectivity index (χ0v) is 17.6. The van der Waals surface area contributed by atoms with Crippen molar-refractivity contribution in [3.63, 3.8) is 0 Å². The second-order valence-electron chi connectivity index (χ2n) is 6.73. The summed E-state index contributed by atoms with van der Waals surface area (Å²) in [5, 5.41) is 13.7. The van der Waals surface area contributed by atoms with Crippen molar-refractivity contribution in [2.75, 3.05) is 18.4 Å². The number of carbonyl (C=O) groups is 1. The van der Waals surface area contributed by atoms with Gasteiger partial charge in [0.1, 0.15) is 17.0 Å². The second kappa shape index (κ2) is 9.34. The summed E-state index contributed by atoms with van der Waals surface area (Å²) in [5.41, 5.74) is 2.60. The van der Waals surface area contributed by atoms with Gasteiger partial charge in [0.25, 0.3) is 0 Å². The van der Waals surface area contributed by atoms with Crippen molar-refractivity contribution in [3.8, 4) is 0 Å². The third-order valence-electron chi connectivity index (χ3n) is 4.74. The minimum Gasteiger partial charge on any atom is -0.445 e. The van der Waals surface area contributed by atoms with Gasteiger partial charge in [-0.1, -0.05) is 44.2 Å². The van der Waals surface area contributed by atoms with E-state index in [1.807, 2.05) is 44.2 Å². The van der Waals surface area contributed by atoms with E-state index in [0.29, 0.717) is 18.8 Å². The summed E-state index contributed by atoms with van der Waals surface area (Å²) in [5.74, 6) is 0.658. The predicted molar refractivity (Wildman–Crippen MR) is 110 cm³/mol. The maximum absolute atomic E-state index is 12.4. The van der Waals surface area contributed by atoms with E-state index in [1.54, 1.807) is 0 Å². The van der Waals surface area contributed by atoms with E-state index in [2.05, 4.69) is 31.2 Å². The van der Waals surface area contributed by atoms with Crippen molar-refractivity contribution in [2.45, 2.75) is 45.4 Å². The van der Waals surface area contributed by atoms with Crippen molar-refractivity contribution < 1.29 is 14.6 Å². The first-order valence-electron chi connectivity index (χ1n) is 9.47. The quantitative estimate of drug-likeness (QED) is 0.705. The van der Waals surface area contributed by atoms with Crippen LogP contribution in [0.5, 0.6) is 0 Å². The lowest BCUT2D eigenvalue weighted by Gasteiger charge is -2.19. The molecule has 1 aromatic carbocycles. The molecule has 2 aromatic rings. The number of rotatable bonds is 6. The van der Waals surface area contributed by atoms with E-state index in [0.717, 1.165) is 28.0 Å². The molecule has 0 spiro atoms. The molecule has 2 atom stereocenters. The molecular formula is C20H25BrN4O3. The van der Waals surface area contributed by atoms with Crippen LogP contribution in [0.2, 0.25) is 0 Å². The van der Waals surface area contributed by atoms with Crippen LogP contribution in [0.4, 0.5) is 10.6 Å². The Morgan fingerprint density at radius 1 is 1.21 bits per heavy atom. The van der Waals surface area contributed by atoms with Gasteiger partial charge in [0, 0.05) is 6.54 Å². The van der Waals surface area contributed by atoms with Gasteiger partial charge in [0.15, 0.2) is 0 Å². The van der Waals surface area contributed by atoms with Crippen molar-refractivity contribution in [1.82, 2.24) is 14.9 Å². The molecule has 1 aromatic heterocycles. The maximum Gasteiger partial charge on any atom is 0.410 e. The number of benzene rings is 1. The van der Waals surface area contributed by atoms with Gasteiger partial charge in [-0.2, -0.15) is 0 Å². The van der Waals surface area contributed by atoms with Crippen LogP contribution in [0.15, 0.2) is 34.9 Å². The fraction of sp³-hybridized carbons (Fsp3) is 0.450. The third-order valence-corrected chi connectivity index (χ3v) is 5.37. The molecule has 1 aliphatic heterocycles. The number of aryl methyl sites for hydroxylation is 2. The van der Waals surface area contributed by atoms with Gasteiger partial charge >= 0.3 is 6.09 Å². The number of likely N-dealkylation sites (tertiary alicyclic amines) is 1. The molecule has 0 radical (unpaired) electrons. The Kier molecular flexibility index (Phi) is 6.85. The van der Waals surface area contributed by atoms with Crippen LogP contribution >= 0.6 is 15.9 Å². The number of aromatic nitrogens is 2. The highest BCUT2D eigenvalue weighted by molar-refractivity contribution is 9.10. The minimum atomic E-state index is -0.704. The lowest BCUT2D eigenvalue weighted by atomic mass is 10.2. The first-order valence-corrected chi connectivity index (χ1v) is 10.3. The number of hydrogen-bond acceptors (Lipinski definition) is 6. The number of amides is 1. The van der Waals surface area contributed by atoms with Crippen LogP contribution < -0.4 is 5.32 Å². The SMILES string of the molecule is CCc1nc(NC2CN(C(=O)OCc3ccccc3)CC2O)c(CC)nc1Br. The smallest absolute Gasteiger partial charge is 0.410 e. The minimum absolute atomic E-state index is 0.211. The number of nitrogens with one attached hydrogen (secondary N) is 1. The lowest BCUT2D eigenvalue weighted by Crippen LogP contribution is -2.34. The number of carbonyl (C=O) groups excluding carboxylic acids is 1. The van der Waals surface area contributed by atoms with Crippen LogP contribution in [0, 0.1) is 0 Å². The molecule has 3 rings (SSSR count). The van der Waals surface area contributed by atoms with E-state index in [9.17, 15) is 9.90 Å². The number of halogens is 1. The Morgan fingerprint density at radius 3 is 2.61 bits per heavy atom. The maximum atomic E-state index is 12.4. The average Bonchev–Trinajstić information content (AvgIpc) is 3.08. The molecule has 1 aliphatic rings. The Labute approximate surface area is 173 Å². The Hall–Kier alpha value is -2.19. The standard InChI is InChI=1S/C20H25BrN4O3/c1-3-14-18(21)22-15(4-2)19(23-14)24-16-10-25(11-17(16)26)20(27)28-12-13-8-6-5-7-9-13/h5-9,16-17,26H,3-4,10-12H2,1-2H3,(H,23,24). The topological polar surface area (TPSA) is 87.6 Å². The molecule has 8 heteroatoms. The number of nitrogens with zero attached hydrogens (tertiary/aromatic N) is 3. The Balaban J connectivity index is 1.63. The Bertz CT molecular complexity index is 819. The van der Waals surface area contributed by atoms with E-state index < -0.39 is 12.2 Å². The molecule has 2 heterocycles. The molecule has 0 bridgehead atoms. The summed E-state index contributed by atoms with van der Waals surface area (Å²) in [7, 11) is 0. The van der Waals surface area contributed by atoms with Crippen molar-refractivity contribution in [3.05, 3.63) is 51.9 Å². The summed E-state index contributed by atoms with van der Waals surface area (Å²) in [6, 6.07) is 9.20. The fourth-order valence-electron chi connectivity index (χ4n) is 3.13. The number of anilines is 1. The molecule has 2 N–H and O–H groups in total. The molecule has 1 fully saturated rings. The van der Waals surface area contributed by atoms with Crippen LogP contribution in [0.25, 0.3) is 0 Å². The third kappa shape index (κ3) is 4.80. The number of aliphatic hydroxyl groups excluding tert-OH is 1. The summed E-state index contributed by atoms with van der Waals surface area (Å²) in [6.45, 7) is 4.79. The molecule has 150 valence electrons. The van der Waals surface area contributed by atoms with E-state index >= 15 is 0 Å². The van der Waals surface area contributed by atoms with E-state index in [1.165, 1.54) is 4.90 Å². The first kappa shape index (κ1) is 20.5. The molecule has 0 saturated carbocycles. The van der Waals surface area contributed by atoms with Crippen LogP contribution in [0.3, 0.4) is 0 Å². The van der Waals surface area contributed by atoms with E-state index in [4.69, 9.17) is 4.74 Å². The summed E-state index contributed by atoms with van der Waals surface area (Å²) in [6.07, 6.45) is 0.324. The molecule has 2 unspecified atom stereocenters. The van der Waals surface area contributed by atoms with Gasteiger partial charge in [-0.05, 0) is 34.3 Å². The van der Waals surface area contributed by atoms with E-state index in [-0.39, 0.29) is 19.2 Å². The highest BCUT2D eigenvalue weighted by Crippen LogP contribution is 2.23. The van der Waals surface area contributed by atoms with Gasteiger partial charge in [0.05, 0.1) is 30.1 Å². The van der Waals surface area contributed by atoms with Crippen molar-refractivity contribution in [2.24, 2.45) is 0 Å². The van der Waals surface area contributed by atoms with Gasteiger partial charge < -0.3 is 20.1 Å². The predicted octanol–water partition coefficient (Wildman–Crippen LogP) is 3.16. The second-order valence-corrected chi connectivity index (χ2v) is 7.48. The monoisotopic (exact) mass is 448 g/mol. The number of β-amino-alcohol motifs (C(OH)–C–C–N with tert-alkyl or cyclic N) is 1. The van der Waals surface area contributed by atoms with Gasteiger partial charge in [0.2, 0.25) is 0 Å². The van der Waals surface area contributed by atoms with Crippen LogP contribution in [0.1, 0.15) is 30.8 Å². The Morgan fingerprint density at radius 2 is 1.93 bits per heavy atom. The summed E-state index contributed by atoms with van der Waals surface area (Å²) < 4.78 is 6.12. The lowest BCUT2D eigenvalue weighted by molar-refractivity contribution is 0.0971. The molecule has 1 saturated heterocycles. The van der Waals surface area contributed by atoms with Gasteiger partial charge in [-0.15, -0.1) is 0 Å². The molecular weight excluding hydrogens is 424 g/mol. The zero-order chi connectivity index (χ0) is 20.1. The highest BCUT2D eigenvalue weighted by atomic mass is 79.9. The number of aliphatic hydroxyl groups is 1. The largest absolute Gasteiger partial charge is 0.445 e. The fourth-order valence-corrected chi connectivity index (χ4v) is 3.72. The van der Waals surface area contributed by atoms with Crippen LogP contribution in [-0.2, 0) is 24.2 Å². The summed E-state index contributed by atoms with van der Waals surface area (Å²) in [4.78, 5) is 23.1. The average molecular weight is 449 g/mol. The van der Waals surface area contributed by atoms with Gasteiger partial charge in [-0.3, -0.25) is 0 Å². The number of hydrogen-bond donors (Lipinski definition) is 2. The van der Waals surface area contributed by atoms with Crippen molar-refractivity contribution >= 4 is 27.8 Å². The zero-order valence-electron chi connectivity index (χ0n) is 16.1. The van der Waals surface area contributed by atoms with Gasteiger partial charge in [-0.25, -0.2) is 14.8 Å². The first-order chi connectivity index (χ1) is 13.5. The molecule has 7 nitrogen and oxygen atoms in total. The highest BCUT2D eigenvalue weighted by Gasteiger charge is 2.35. The molecule has 28 heavy (non-hydrogen) atoms. The molecule has 1 amide bonds. The molecule has 0 aliphatic carbocycles. The van der Waals surface area contributed by atoms with Crippen LogP contribution in [-0.4, -0.2) is 51.3 Å². The number of ether oxygens (including phenoxy) is 1. The summed E-state index contributed by atoms with van der Waals surface area (Å²) >= 11 is 3.45. The normalized spacial score (nSPS) is 18.9.